The van der Waals surface area contributed by atoms with Crippen molar-refractivity contribution >= 4 is 5.78 Å². The van der Waals surface area contributed by atoms with Gasteiger partial charge in [0.1, 0.15) is 0 Å². The van der Waals surface area contributed by atoms with Crippen molar-refractivity contribution < 1.29 is 18.7 Å². The van der Waals surface area contributed by atoms with E-state index in [1.54, 1.807) is 0 Å². The molecule has 1 aliphatic carbocycles. The number of alkyl halides is 2. The zero-order valence-electron chi connectivity index (χ0n) is 12.7. The molecular weight excluding hydrogens is 262 g/mol. The second-order valence-corrected chi connectivity index (χ2v) is 6.08. The summed E-state index contributed by atoms with van der Waals surface area (Å²) in [6.07, 6.45) is 4.32. The molecule has 0 aromatic rings. The predicted octanol–water partition coefficient (Wildman–Crippen LogP) is 4.90. The van der Waals surface area contributed by atoms with Gasteiger partial charge in [-0.05, 0) is 38.0 Å². The second kappa shape index (κ2) is 7.19. The molecule has 1 atom stereocenters. The zero-order valence-corrected chi connectivity index (χ0v) is 12.7. The van der Waals surface area contributed by atoms with E-state index >= 15 is 0 Å². The maximum atomic E-state index is 12.4. The van der Waals surface area contributed by atoms with Crippen LogP contribution in [-0.2, 0) is 4.79 Å². The Bertz CT molecular complexity index is 349. The molecule has 4 heteroatoms. The third-order valence-corrected chi connectivity index (χ3v) is 5.08. The monoisotopic (exact) mass is 288 g/mol. The van der Waals surface area contributed by atoms with Gasteiger partial charge in [0.15, 0.2) is 5.78 Å². The molecule has 2 nitrogen and oxygen atoms in total. The second-order valence-electron chi connectivity index (χ2n) is 6.08. The number of aliphatic hydroxyl groups excluding tert-OH is 1. The highest BCUT2D eigenvalue weighted by atomic mass is 19.3. The van der Waals surface area contributed by atoms with Crippen LogP contribution in [0.1, 0.15) is 59.3 Å². The number of hydrogen-bond donors (Lipinski definition) is 1. The molecule has 1 unspecified atom stereocenters. The number of ketones is 1. The standard InChI is InChI=1S/C16H26F2O2/c1-4-16(5-2)8-6-12(7-9-16)14(20)10-13(19)11(3)15(17)18/h10-12,15,20H,4-9H2,1-3H3/b14-10-. The molecule has 1 aliphatic rings. The number of carbonyl (C=O) groups excluding carboxylic acids is 1. The molecule has 0 radical (unpaired) electrons. The lowest BCUT2D eigenvalue weighted by Crippen LogP contribution is -2.27. The van der Waals surface area contributed by atoms with Crippen LogP contribution in [0.15, 0.2) is 11.8 Å². The maximum Gasteiger partial charge on any atom is 0.248 e. The van der Waals surface area contributed by atoms with Gasteiger partial charge >= 0.3 is 0 Å². The van der Waals surface area contributed by atoms with Crippen molar-refractivity contribution in [2.75, 3.05) is 0 Å². The van der Waals surface area contributed by atoms with Crippen LogP contribution < -0.4 is 0 Å². The van der Waals surface area contributed by atoms with E-state index in [1.807, 2.05) is 0 Å². The largest absolute Gasteiger partial charge is 0.512 e. The molecule has 0 bridgehead atoms. The van der Waals surface area contributed by atoms with Crippen molar-refractivity contribution in [3.8, 4) is 0 Å². The third kappa shape index (κ3) is 4.03. The summed E-state index contributed by atoms with van der Waals surface area (Å²) in [7, 11) is 0. The van der Waals surface area contributed by atoms with E-state index in [1.165, 1.54) is 6.92 Å². The fourth-order valence-corrected chi connectivity index (χ4v) is 3.00. The van der Waals surface area contributed by atoms with Gasteiger partial charge in [0.05, 0.1) is 11.7 Å². The van der Waals surface area contributed by atoms with Crippen LogP contribution in [0.3, 0.4) is 0 Å². The first-order chi connectivity index (χ1) is 9.35. The van der Waals surface area contributed by atoms with Gasteiger partial charge in [-0.25, -0.2) is 8.78 Å². The summed E-state index contributed by atoms with van der Waals surface area (Å²) < 4.78 is 24.9. The molecule has 0 aliphatic heterocycles. The number of allylic oxidation sites excluding steroid dienone is 2. The van der Waals surface area contributed by atoms with Gasteiger partial charge in [-0.2, -0.15) is 0 Å². The number of halogens is 2. The Balaban J connectivity index is 2.62. The third-order valence-electron chi connectivity index (χ3n) is 5.08. The smallest absolute Gasteiger partial charge is 0.248 e. The Morgan fingerprint density at radius 1 is 1.30 bits per heavy atom. The van der Waals surface area contributed by atoms with Gasteiger partial charge in [0, 0.05) is 12.0 Å². The van der Waals surface area contributed by atoms with Crippen molar-refractivity contribution in [1.29, 1.82) is 0 Å². The predicted molar refractivity (Wildman–Crippen MR) is 75.9 cm³/mol. The molecule has 1 saturated carbocycles. The van der Waals surface area contributed by atoms with Gasteiger partial charge in [-0.15, -0.1) is 0 Å². The van der Waals surface area contributed by atoms with Crippen molar-refractivity contribution in [2.24, 2.45) is 17.3 Å². The summed E-state index contributed by atoms with van der Waals surface area (Å²) in [6, 6.07) is 0. The average Bonchev–Trinajstić information content (AvgIpc) is 2.46. The normalized spacial score (nSPS) is 22.0. The molecule has 1 rings (SSSR count). The Hall–Kier alpha value is -0.930. The Morgan fingerprint density at radius 2 is 1.80 bits per heavy atom. The number of rotatable bonds is 6. The van der Waals surface area contributed by atoms with E-state index in [-0.39, 0.29) is 11.7 Å². The van der Waals surface area contributed by atoms with E-state index in [0.29, 0.717) is 5.41 Å². The molecule has 1 fully saturated rings. The molecular formula is C16H26F2O2. The lowest BCUT2D eigenvalue weighted by atomic mass is 9.67. The molecule has 0 aromatic carbocycles. The molecule has 20 heavy (non-hydrogen) atoms. The first-order valence-corrected chi connectivity index (χ1v) is 7.57. The molecule has 0 saturated heterocycles. The van der Waals surface area contributed by atoms with Crippen LogP contribution in [0.5, 0.6) is 0 Å². The van der Waals surface area contributed by atoms with Crippen LogP contribution >= 0.6 is 0 Å². The summed E-state index contributed by atoms with van der Waals surface area (Å²) in [5.41, 5.74) is 0.358. The summed E-state index contributed by atoms with van der Waals surface area (Å²) >= 11 is 0. The maximum absolute atomic E-state index is 12.4. The minimum Gasteiger partial charge on any atom is -0.512 e. The highest BCUT2D eigenvalue weighted by Gasteiger charge is 2.34. The van der Waals surface area contributed by atoms with Crippen molar-refractivity contribution in [2.45, 2.75) is 65.7 Å². The summed E-state index contributed by atoms with van der Waals surface area (Å²) in [6.45, 7) is 5.57. The zero-order chi connectivity index (χ0) is 15.3. The van der Waals surface area contributed by atoms with Gasteiger partial charge < -0.3 is 5.11 Å². The van der Waals surface area contributed by atoms with Crippen LogP contribution in [0.4, 0.5) is 8.78 Å². The molecule has 116 valence electrons. The van der Waals surface area contributed by atoms with Crippen LogP contribution in [0, 0.1) is 17.3 Å². The summed E-state index contributed by atoms with van der Waals surface area (Å²) in [5.74, 6) is -2.08. The van der Waals surface area contributed by atoms with Crippen molar-refractivity contribution in [1.82, 2.24) is 0 Å². The van der Waals surface area contributed by atoms with Gasteiger partial charge in [-0.1, -0.05) is 26.7 Å². The van der Waals surface area contributed by atoms with E-state index < -0.39 is 18.1 Å². The highest BCUT2D eigenvalue weighted by Crippen LogP contribution is 2.45. The molecule has 1 N–H and O–H groups in total. The Labute approximate surface area is 120 Å². The minimum absolute atomic E-state index is 0.0108. The SMILES string of the molecule is CCC1(CC)CCC(/C(O)=C/C(=O)C(C)C(F)F)CC1. The molecule has 0 aromatic heterocycles. The fraction of sp³-hybridized carbons (Fsp3) is 0.812. The topological polar surface area (TPSA) is 37.3 Å². The minimum atomic E-state index is -2.68. The lowest BCUT2D eigenvalue weighted by Gasteiger charge is -2.39. The van der Waals surface area contributed by atoms with E-state index in [2.05, 4.69) is 13.8 Å². The molecule has 0 spiro atoms. The summed E-state index contributed by atoms with van der Waals surface area (Å²) in [5, 5.41) is 9.99. The average molecular weight is 288 g/mol. The number of carbonyl (C=O) groups is 1. The number of aliphatic hydroxyl groups is 1. The van der Waals surface area contributed by atoms with Gasteiger partial charge in [-0.3, -0.25) is 4.79 Å². The van der Waals surface area contributed by atoms with E-state index in [4.69, 9.17) is 0 Å². The molecule has 0 amide bonds. The fourth-order valence-electron chi connectivity index (χ4n) is 3.00. The summed E-state index contributed by atoms with van der Waals surface area (Å²) in [4.78, 5) is 11.6. The van der Waals surface area contributed by atoms with E-state index in [0.717, 1.165) is 44.6 Å². The Morgan fingerprint density at radius 3 is 2.20 bits per heavy atom. The van der Waals surface area contributed by atoms with Crippen molar-refractivity contribution in [3.63, 3.8) is 0 Å². The van der Waals surface area contributed by atoms with Crippen LogP contribution in [-0.4, -0.2) is 17.3 Å². The first-order valence-electron chi connectivity index (χ1n) is 7.57. The van der Waals surface area contributed by atoms with E-state index in [9.17, 15) is 18.7 Å². The lowest BCUT2D eigenvalue weighted by molar-refractivity contribution is -0.122. The quantitative estimate of drug-likeness (QED) is 0.558. The first kappa shape index (κ1) is 17.1. The van der Waals surface area contributed by atoms with Gasteiger partial charge in [0.2, 0.25) is 6.43 Å². The highest BCUT2D eigenvalue weighted by molar-refractivity contribution is 5.92. The van der Waals surface area contributed by atoms with Crippen LogP contribution in [0.25, 0.3) is 0 Å². The van der Waals surface area contributed by atoms with Crippen LogP contribution in [0.2, 0.25) is 0 Å². The Kier molecular flexibility index (Phi) is 6.15. The van der Waals surface area contributed by atoms with Gasteiger partial charge in [0.25, 0.3) is 0 Å². The molecule has 0 heterocycles. The van der Waals surface area contributed by atoms with Crippen molar-refractivity contribution in [3.05, 3.63) is 11.8 Å². The number of hydrogen-bond acceptors (Lipinski definition) is 2.